The maximum absolute atomic E-state index is 13.9. The van der Waals surface area contributed by atoms with Crippen LogP contribution in [0.4, 0.5) is 14.5 Å². The number of rotatable bonds is 5. The first-order valence-corrected chi connectivity index (χ1v) is 10.8. The number of anilines is 1. The predicted octanol–water partition coefficient (Wildman–Crippen LogP) is 5.27. The fraction of sp³-hybridized carbons (Fsp3) is 0.292. The van der Waals surface area contributed by atoms with Crippen LogP contribution in [0.1, 0.15) is 37.4 Å². The first-order valence-electron chi connectivity index (χ1n) is 10.8. The van der Waals surface area contributed by atoms with Gasteiger partial charge in [0.1, 0.15) is 17.5 Å². The number of hydrogen-bond acceptors (Lipinski definition) is 4. The molecule has 1 amide bonds. The van der Waals surface area contributed by atoms with Crippen LogP contribution in [-0.4, -0.2) is 20.4 Å². The molecule has 2 aromatic carbocycles. The first kappa shape index (κ1) is 20.4. The number of imidazole rings is 1. The first-order chi connectivity index (χ1) is 15.6. The average molecular weight is 436 g/mol. The smallest absolute Gasteiger partial charge is 0.224 e. The van der Waals surface area contributed by atoms with Gasteiger partial charge in [-0.05, 0) is 43.2 Å². The van der Waals surface area contributed by atoms with Crippen molar-refractivity contribution in [2.45, 2.75) is 45.1 Å². The number of aryl methyl sites for hydroxylation is 3. The summed E-state index contributed by atoms with van der Waals surface area (Å²) in [7, 11) is 0. The van der Waals surface area contributed by atoms with E-state index in [-0.39, 0.29) is 30.1 Å². The lowest BCUT2D eigenvalue weighted by Gasteiger charge is -2.06. The van der Waals surface area contributed by atoms with Crippen molar-refractivity contribution < 1.29 is 18.0 Å². The van der Waals surface area contributed by atoms with Gasteiger partial charge in [-0.2, -0.15) is 0 Å². The van der Waals surface area contributed by atoms with Crippen LogP contribution < -0.4 is 5.32 Å². The van der Waals surface area contributed by atoms with E-state index in [0.29, 0.717) is 11.6 Å². The van der Waals surface area contributed by atoms with E-state index in [9.17, 15) is 13.6 Å². The summed E-state index contributed by atoms with van der Waals surface area (Å²) in [6.45, 7) is 0.984. The number of halogens is 2. The molecule has 0 spiro atoms. The normalized spacial score (nSPS) is 13.7. The molecule has 0 bridgehead atoms. The van der Waals surface area contributed by atoms with Gasteiger partial charge >= 0.3 is 0 Å². The molecule has 8 heteroatoms. The summed E-state index contributed by atoms with van der Waals surface area (Å²) in [6, 6.07) is 9.04. The molecule has 32 heavy (non-hydrogen) atoms. The second-order valence-corrected chi connectivity index (χ2v) is 7.98. The summed E-state index contributed by atoms with van der Waals surface area (Å²) in [5.41, 5.74) is 2.80. The zero-order chi connectivity index (χ0) is 22.1. The second-order valence-electron chi connectivity index (χ2n) is 7.98. The Labute approximate surface area is 183 Å². The van der Waals surface area contributed by atoms with Crippen LogP contribution >= 0.6 is 0 Å². The third kappa shape index (κ3) is 4.12. The van der Waals surface area contributed by atoms with Crippen molar-refractivity contribution in [3.05, 3.63) is 65.9 Å². The van der Waals surface area contributed by atoms with Crippen LogP contribution in [0, 0.1) is 11.6 Å². The molecule has 0 fully saturated rings. The zero-order valence-electron chi connectivity index (χ0n) is 17.4. The van der Waals surface area contributed by atoms with Gasteiger partial charge in [0.05, 0.1) is 22.8 Å². The second kappa shape index (κ2) is 8.53. The highest BCUT2D eigenvalue weighted by Crippen LogP contribution is 2.26. The number of oxazole rings is 1. The standard InChI is InChI=1S/C24H22F2N4O2/c25-15-5-7-17(18(26)12-15)21-14-27-24(32-21)10-9-23(31)28-16-6-8-20-19(13-16)29-22-4-2-1-3-11-30(20)22/h5-8,12-14H,1-4,9-11H2,(H,28,31). The monoisotopic (exact) mass is 436 g/mol. The van der Waals surface area contributed by atoms with Crippen molar-refractivity contribution >= 4 is 22.6 Å². The van der Waals surface area contributed by atoms with Crippen LogP contribution in [0.2, 0.25) is 0 Å². The van der Waals surface area contributed by atoms with Gasteiger partial charge in [0, 0.05) is 37.6 Å². The average Bonchev–Trinajstić information content (AvgIpc) is 3.29. The van der Waals surface area contributed by atoms with Crippen molar-refractivity contribution in [1.29, 1.82) is 0 Å². The van der Waals surface area contributed by atoms with E-state index in [1.54, 1.807) is 0 Å². The number of nitrogens with one attached hydrogen (secondary N) is 1. The fourth-order valence-electron chi connectivity index (χ4n) is 4.11. The van der Waals surface area contributed by atoms with Gasteiger partial charge in [-0.15, -0.1) is 0 Å². The lowest BCUT2D eigenvalue weighted by Crippen LogP contribution is -2.12. The minimum atomic E-state index is -0.725. The van der Waals surface area contributed by atoms with Crippen LogP contribution in [0.5, 0.6) is 0 Å². The Hall–Kier alpha value is -3.55. The van der Waals surface area contributed by atoms with Gasteiger partial charge in [-0.25, -0.2) is 18.7 Å². The Morgan fingerprint density at radius 2 is 2.03 bits per heavy atom. The molecule has 5 rings (SSSR count). The summed E-state index contributed by atoms with van der Waals surface area (Å²) in [6.07, 6.45) is 6.32. The molecule has 0 saturated carbocycles. The maximum atomic E-state index is 13.9. The van der Waals surface area contributed by atoms with E-state index in [1.807, 2.05) is 18.2 Å². The molecule has 0 saturated heterocycles. The van der Waals surface area contributed by atoms with Crippen molar-refractivity contribution in [2.75, 3.05) is 5.32 Å². The summed E-state index contributed by atoms with van der Waals surface area (Å²) in [5, 5.41) is 2.89. The van der Waals surface area contributed by atoms with E-state index in [0.717, 1.165) is 54.8 Å². The number of amides is 1. The summed E-state index contributed by atoms with van der Waals surface area (Å²) in [5.74, 6) is 0.0515. The zero-order valence-corrected chi connectivity index (χ0v) is 17.4. The molecule has 6 nitrogen and oxygen atoms in total. The lowest BCUT2D eigenvalue weighted by molar-refractivity contribution is -0.116. The molecule has 3 heterocycles. The molecule has 164 valence electrons. The van der Waals surface area contributed by atoms with Gasteiger partial charge < -0.3 is 14.3 Å². The summed E-state index contributed by atoms with van der Waals surface area (Å²) in [4.78, 5) is 21.3. The molecule has 2 aromatic heterocycles. The number of fused-ring (bicyclic) bond motifs is 3. The molecule has 4 aromatic rings. The van der Waals surface area contributed by atoms with Gasteiger partial charge in [0.15, 0.2) is 11.7 Å². The number of aromatic nitrogens is 3. The Bertz CT molecular complexity index is 1290. The number of benzene rings is 2. The van der Waals surface area contributed by atoms with E-state index >= 15 is 0 Å². The highest BCUT2D eigenvalue weighted by Gasteiger charge is 2.15. The van der Waals surface area contributed by atoms with Crippen LogP contribution in [0.15, 0.2) is 47.0 Å². The third-order valence-electron chi connectivity index (χ3n) is 5.71. The highest BCUT2D eigenvalue weighted by molar-refractivity contribution is 5.93. The highest BCUT2D eigenvalue weighted by atomic mass is 19.1. The van der Waals surface area contributed by atoms with Gasteiger partial charge in [0.2, 0.25) is 5.91 Å². The Morgan fingerprint density at radius 1 is 1.12 bits per heavy atom. The van der Waals surface area contributed by atoms with E-state index in [4.69, 9.17) is 9.40 Å². The number of carbonyl (C=O) groups excluding carboxylic acids is 1. The minimum absolute atomic E-state index is 0.126. The largest absolute Gasteiger partial charge is 0.441 e. The van der Waals surface area contributed by atoms with Crippen LogP contribution in [0.3, 0.4) is 0 Å². The number of nitrogens with zero attached hydrogens (tertiary/aromatic N) is 3. The summed E-state index contributed by atoms with van der Waals surface area (Å²) >= 11 is 0. The Morgan fingerprint density at radius 3 is 2.91 bits per heavy atom. The quantitative estimate of drug-likeness (QED) is 0.463. The van der Waals surface area contributed by atoms with E-state index in [2.05, 4.69) is 14.9 Å². The number of hydrogen-bond donors (Lipinski definition) is 1. The topological polar surface area (TPSA) is 73.0 Å². The van der Waals surface area contributed by atoms with Gasteiger partial charge in [-0.3, -0.25) is 4.79 Å². The van der Waals surface area contributed by atoms with Gasteiger partial charge in [-0.1, -0.05) is 6.42 Å². The van der Waals surface area contributed by atoms with Crippen molar-refractivity contribution in [3.63, 3.8) is 0 Å². The molecular weight excluding hydrogens is 414 g/mol. The maximum Gasteiger partial charge on any atom is 0.224 e. The molecule has 1 N–H and O–H groups in total. The predicted molar refractivity (Wildman–Crippen MR) is 116 cm³/mol. The minimum Gasteiger partial charge on any atom is -0.441 e. The number of carbonyl (C=O) groups is 1. The van der Waals surface area contributed by atoms with E-state index in [1.165, 1.54) is 18.7 Å². The van der Waals surface area contributed by atoms with Crippen molar-refractivity contribution in [3.8, 4) is 11.3 Å². The third-order valence-corrected chi connectivity index (χ3v) is 5.71. The lowest BCUT2D eigenvalue weighted by atomic mass is 10.2. The molecule has 1 aliphatic rings. The molecular formula is C24H22F2N4O2. The van der Waals surface area contributed by atoms with Gasteiger partial charge in [0.25, 0.3) is 0 Å². The molecule has 0 unspecified atom stereocenters. The SMILES string of the molecule is O=C(CCc1ncc(-c2ccc(F)cc2F)o1)Nc1ccc2c(c1)nc1n2CCCCC1. The molecule has 0 atom stereocenters. The Kier molecular flexibility index (Phi) is 5.43. The summed E-state index contributed by atoms with van der Waals surface area (Å²) < 4.78 is 34.8. The van der Waals surface area contributed by atoms with E-state index < -0.39 is 11.6 Å². The van der Waals surface area contributed by atoms with Crippen LogP contribution in [0.25, 0.3) is 22.4 Å². The van der Waals surface area contributed by atoms with Crippen LogP contribution in [-0.2, 0) is 24.2 Å². The fourth-order valence-corrected chi connectivity index (χ4v) is 4.11. The molecule has 0 aliphatic carbocycles. The molecule has 0 radical (unpaired) electrons. The molecule has 1 aliphatic heterocycles. The van der Waals surface area contributed by atoms with Crippen molar-refractivity contribution in [1.82, 2.24) is 14.5 Å². The Balaban J connectivity index is 1.23. The van der Waals surface area contributed by atoms with Crippen molar-refractivity contribution in [2.24, 2.45) is 0 Å².